The Morgan fingerprint density at radius 1 is 1.43 bits per heavy atom. The number of hydrogen-bond donors (Lipinski definition) is 0. The fourth-order valence-electron chi connectivity index (χ4n) is 0.358. The first kappa shape index (κ1) is 7.08. The van der Waals surface area contributed by atoms with E-state index in [0.29, 0.717) is 6.42 Å². The Kier molecular flexibility index (Phi) is 4.29. The largest absolute Gasteiger partial charge is 0.238 e. The summed E-state index contributed by atoms with van der Waals surface area (Å²) >= 11 is 0. The molecule has 0 aromatic carbocycles. The fraction of sp³-hybridized carbons (Fsp3) is 1.00. The van der Waals surface area contributed by atoms with Crippen LogP contribution >= 0.6 is 0 Å². The second kappa shape index (κ2) is 4.24. The van der Waals surface area contributed by atoms with Gasteiger partial charge in [-0.1, -0.05) is 12.5 Å². The summed E-state index contributed by atoms with van der Waals surface area (Å²) in [6.45, 7) is 0. The Labute approximate surface area is 45.3 Å². The summed E-state index contributed by atoms with van der Waals surface area (Å²) in [5.41, 5.74) is 0. The third-order valence-corrected chi connectivity index (χ3v) is 1.48. The van der Waals surface area contributed by atoms with Crippen molar-refractivity contribution in [1.29, 1.82) is 0 Å². The van der Waals surface area contributed by atoms with Crippen molar-refractivity contribution >= 4 is 10.2 Å². The van der Waals surface area contributed by atoms with Crippen LogP contribution in [0.25, 0.3) is 0 Å². The summed E-state index contributed by atoms with van der Waals surface area (Å²) in [7, 11) is 1.06. The Bertz CT molecular complexity index is 38.7. The lowest BCUT2D eigenvalue weighted by molar-refractivity contribution is 0.137. The lowest BCUT2D eigenvalue weighted by atomic mass is 10.3. The molecular formula is C4H10F2Si. The highest BCUT2D eigenvalue weighted by Gasteiger charge is 1.97. The molecule has 0 fully saturated rings. The smallest absolute Gasteiger partial charge is 0.211 e. The molecule has 0 aromatic rings. The van der Waals surface area contributed by atoms with Crippen LogP contribution in [0.3, 0.4) is 0 Å². The van der Waals surface area contributed by atoms with E-state index in [2.05, 4.69) is 0 Å². The third kappa shape index (κ3) is 6.08. The van der Waals surface area contributed by atoms with Crippen LogP contribution in [0.15, 0.2) is 0 Å². The lowest BCUT2D eigenvalue weighted by Crippen LogP contribution is -1.87. The van der Waals surface area contributed by atoms with Crippen molar-refractivity contribution in [3.8, 4) is 0 Å². The van der Waals surface area contributed by atoms with Crippen molar-refractivity contribution in [2.45, 2.75) is 25.3 Å². The van der Waals surface area contributed by atoms with Gasteiger partial charge >= 0.3 is 0 Å². The lowest BCUT2D eigenvalue weighted by Gasteiger charge is -1.91. The molecule has 0 atom stereocenters. The predicted octanol–water partition coefficient (Wildman–Crippen LogP) is 0.815. The van der Waals surface area contributed by atoms with Crippen molar-refractivity contribution in [3.63, 3.8) is 0 Å². The first-order valence-corrected chi connectivity index (χ1v) is 3.97. The van der Waals surface area contributed by atoms with Gasteiger partial charge in [0.1, 0.15) is 0 Å². The van der Waals surface area contributed by atoms with Gasteiger partial charge in [0.25, 0.3) is 0 Å². The maximum Gasteiger partial charge on any atom is 0.238 e. The fourth-order valence-corrected chi connectivity index (χ4v) is 0.767. The highest BCUT2D eigenvalue weighted by Crippen LogP contribution is 2.03. The molecule has 0 heterocycles. The van der Waals surface area contributed by atoms with Gasteiger partial charge in [0, 0.05) is 16.7 Å². The molecule has 0 aliphatic carbocycles. The molecule has 7 heavy (non-hydrogen) atoms. The molecule has 0 aliphatic heterocycles. The Morgan fingerprint density at radius 3 is 2.14 bits per heavy atom. The number of halogens is 2. The SMILES string of the molecule is FC(F)CCC[SiH3]. The third-order valence-electron chi connectivity index (χ3n) is 0.776. The van der Waals surface area contributed by atoms with Gasteiger partial charge in [0.05, 0.1) is 0 Å². The normalized spacial score (nSPS) is 10.7. The van der Waals surface area contributed by atoms with Crippen LogP contribution < -0.4 is 0 Å². The zero-order valence-electron chi connectivity index (χ0n) is 4.45. The van der Waals surface area contributed by atoms with Gasteiger partial charge < -0.3 is 0 Å². The van der Waals surface area contributed by atoms with E-state index in [4.69, 9.17) is 0 Å². The molecule has 0 N–H and O–H groups in total. The van der Waals surface area contributed by atoms with E-state index >= 15 is 0 Å². The van der Waals surface area contributed by atoms with E-state index < -0.39 is 6.43 Å². The van der Waals surface area contributed by atoms with Crippen LogP contribution in [0.2, 0.25) is 6.04 Å². The second-order valence-electron chi connectivity index (χ2n) is 1.53. The van der Waals surface area contributed by atoms with E-state index in [1.54, 1.807) is 0 Å². The first-order valence-electron chi connectivity index (χ1n) is 2.55. The van der Waals surface area contributed by atoms with Crippen LogP contribution in [-0.4, -0.2) is 16.7 Å². The molecule has 0 saturated carbocycles. The van der Waals surface area contributed by atoms with Gasteiger partial charge in [-0.3, -0.25) is 0 Å². The second-order valence-corrected chi connectivity index (χ2v) is 2.53. The minimum Gasteiger partial charge on any atom is -0.211 e. The molecule has 0 amide bonds. The molecule has 0 unspecified atom stereocenters. The van der Waals surface area contributed by atoms with Crippen molar-refractivity contribution in [1.82, 2.24) is 0 Å². The molecule has 0 saturated heterocycles. The quantitative estimate of drug-likeness (QED) is 0.488. The van der Waals surface area contributed by atoms with Crippen molar-refractivity contribution in [2.75, 3.05) is 0 Å². The zero-order valence-corrected chi connectivity index (χ0v) is 6.45. The van der Waals surface area contributed by atoms with Gasteiger partial charge in [0.2, 0.25) is 6.43 Å². The first-order chi connectivity index (χ1) is 3.27. The summed E-state index contributed by atoms with van der Waals surface area (Å²) < 4.78 is 22.5. The predicted molar refractivity (Wildman–Crippen MR) is 30.0 cm³/mol. The summed E-state index contributed by atoms with van der Waals surface area (Å²) in [4.78, 5) is 0. The standard InChI is InChI=1S/C4H10F2Si/c5-4(6)2-1-3-7/h4H,1-3H2,7H3. The van der Waals surface area contributed by atoms with Crippen LogP contribution in [0, 0.1) is 0 Å². The Hall–Kier alpha value is 0.0769. The molecular weight excluding hydrogens is 114 g/mol. The van der Waals surface area contributed by atoms with Gasteiger partial charge in [-0.2, -0.15) is 0 Å². The minimum absolute atomic E-state index is 0.101. The van der Waals surface area contributed by atoms with E-state index in [1.807, 2.05) is 0 Å². The molecule has 44 valence electrons. The monoisotopic (exact) mass is 124 g/mol. The van der Waals surface area contributed by atoms with Gasteiger partial charge in [-0.05, 0) is 0 Å². The molecule has 3 heteroatoms. The molecule has 0 rings (SSSR count). The van der Waals surface area contributed by atoms with Crippen molar-refractivity contribution in [3.05, 3.63) is 0 Å². The van der Waals surface area contributed by atoms with Gasteiger partial charge in [-0.15, -0.1) is 0 Å². The maximum atomic E-state index is 11.2. The topological polar surface area (TPSA) is 0 Å². The van der Waals surface area contributed by atoms with Crippen LogP contribution in [-0.2, 0) is 0 Å². The number of hydrogen-bond acceptors (Lipinski definition) is 0. The average Bonchev–Trinajstić information content (AvgIpc) is 1.61. The molecule has 0 aromatic heterocycles. The molecule has 0 radical (unpaired) electrons. The summed E-state index contributed by atoms with van der Waals surface area (Å²) in [6.07, 6.45) is -1.26. The molecule has 0 aliphatic rings. The maximum absolute atomic E-state index is 11.2. The average molecular weight is 124 g/mol. The Morgan fingerprint density at radius 2 is 2.00 bits per heavy atom. The zero-order chi connectivity index (χ0) is 5.70. The van der Waals surface area contributed by atoms with Gasteiger partial charge in [0.15, 0.2) is 0 Å². The summed E-state index contributed by atoms with van der Waals surface area (Å²) in [5.74, 6) is 0. The van der Waals surface area contributed by atoms with E-state index in [-0.39, 0.29) is 6.42 Å². The molecule has 0 nitrogen and oxygen atoms in total. The highest BCUT2D eigenvalue weighted by molar-refractivity contribution is 6.08. The van der Waals surface area contributed by atoms with E-state index in [0.717, 1.165) is 16.3 Å². The van der Waals surface area contributed by atoms with Crippen LogP contribution in [0.5, 0.6) is 0 Å². The summed E-state index contributed by atoms with van der Waals surface area (Å²) in [6, 6.07) is 1.00. The number of alkyl halides is 2. The van der Waals surface area contributed by atoms with Crippen molar-refractivity contribution in [2.24, 2.45) is 0 Å². The number of rotatable bonds is 3. The van der Waals surface area contributed by atoms with Crippen molar-refractivity contribution < 1.29 is 8.78 Å². The molecule has 0 bridgehead atoms. The highest BCUT2D eigenvalue weighted by atomic mass is 28.1. The Balaban J connectivity index is 2.68. The molecule has 0 spiro atoms. The summed E-state index contributed by atoms with van der Waals surface area (Å²) in [5, 5.41) is 0. The van der Waals surface area contributed by atoms with E-state index in [1.165, 1.54) is 0 Å². The van der Waals surface area contributed by atoms with Crippen LogP contribution in [0.4, 0.5) is 8.78 Å². The van der Waals surface area contributed by atoms with Gasteiger partial charge in [-0.25, -0.2) is 8.78 Å². The van der Waals surface area contributed by atoms with Crippen LogP contribution in [0.1, 0.15) is 12.8 Å². The van der Waals surface area contributed by atoms with E-state index in [9.17, 15) is 8.78 Å². The minimum atomic E-state index is -2.08.